The number of benzene rings is 1. The molecule has 1 aromatic carbocycles. The number of fused-ring (bicyclic) bond motifs is 3. The van der Waals surface area contributed by atoms with Gasteiger partial charge in [0, 0.05) is 6.61 Å². The number of methoxy groups -OCH3 is 1. The van der Waals surface area contributed by atoms with E-state index in [1.54, 1.807) is 0 Å². The van der Waals surface area contributed by atoms with Crippen molar-refractivity contribution in [3.8, 4) is 0 Å². The molecular formula is C19H26O3. The molecule has 0 heterocycles. The first-order valence-corrected chi connectivity index (χ1v) is 8.27. The van der Waals surface area contributed by atoms with Crippen LogP contribution in [0, 0.1) is 11.3 Å². The summed E-state index contributed by atoms with van der Waals surface area (Å²) < 4.78 is 4.84. The summed E-state index contributed by atoms with van der Waals surface area (Å²) in [5.41, 5.74) is 3.42. The zero-order valence-electron chi connectivity index (χ0n) is 13.8. The topological polar surface area (TPSA) is 46.5 Å². The van der Waals surface area contributed by atoms with Crippen molar-refractivity contribution in [2.75, 3.05) is 13.7 Å². The maximum Gasteiger partial charge on any atom is 0.337 e. The average molecular weight is 302 g/mol. The summed E-state index contributed by atoms with van der Waals surface area (Å²) in [5.74, 6) is 0.245. The lowest BCUT2D eigenvalue weighted by molar-refractivity contribution is -0.0179. The van der Waals surface area contributed by atoms with E-state index in [-0.39, 0.29) is 23.4 Å². The number of aliphatic hydroxyl groups is 1. The second-order valence-corrected chi connectivity index (χ2v) is 7.54. The number of esters is 1. The highest BCUT2D eigenvalue weighted by atomic mass is 16.5. The first-order chi connectivity index (χ1) is 10.4. The minimum absolute atomic E-state index is 0.0196. The third-order valence-electron chi connectivity index (χ3n) is 6.26. The molecule has 0 saturated heterocycles. The first kappa shape index (κ1) is 15.5. The summed E-state index contributed by atoms with van der Waals surface area (Å²) in [6.45, 7) is 4.85. The van der Waals surface area contributed by atoms with Gasteiger partial charge in [-0.15, -0.1) is 0 Å². The fourth-order valence-electron chi connectivity index (χ4n) is 5.06. The number of hydrogen-bond donors (Lipinski definition) is 1. The summed E-state index contributed by atoms with van der Waals surface area (Å²) in [4.78, 5) is 11.8. The van der Waals surface area contributed by atoms with E-state index in [1.165, 1.54) is 18.2 Å². The van der Waals surface area contributed by atoms with Gasteiger partial charge in [-0.1, -0.05) is 26.3 Å². The van der Waals surface area contributed by atoms with Gasteiger partial charge in [0.15, 0.2) is 0 Å². The Bertz CT molecular complexity index is 594. The second-order valence-electron chi connectivity index (χ2n) is 7.54. The molecule has 1 N–H and O–H groups in total. The molecule has 3 nitrogen and oxygen atoms in total. The van der Waals surface area contributed by atoms with Gasteiger partial charge >= 0.3 is 5.97 Å². The van der Waals surface area contributed by atoms with Crippen molar-refractivity contribution in [2.24, 2.45) is 11.3 Å². The predicted octanol–water partition coefficient (Wildman–Crippen LogP) is 3.48. The van der Waals surface area contributed by atoms with Gasteiger partial charge in [0.25, 0.3) is 0 Å². The van der Waals surface area contributed by atoms with E-state index in [0.717, 1.165) is 32.1 Å². The molecule has 3 heteroatoms. The molecule has 2 aliphatic rings. The van der Waals surface area contributed by atoms with Crippen molar-refractivity contribution in [3.63, 3.8) is 0 Å². The van der Waals surface area contributed by atoms with Gasteiger partial charge in [-0.25, -0.2) is 4.79 Å². The molecule has 0 aliphatic heterocycles. The molecule has 0 bridgehead atoms. The fraction of sp³-hybridized carbons (Fsp3) is 0.632. The molecule has 3 atom stereocenters. The maximum atomic E-state index is 11.8. The van der Waals surface area contributed by atoms with E-state index in [0.29, 0.717) is 11.5 Å². The monoisotopic (exact) mass is 302 g/mol. The zero-order valence-corrected chi connectivity index (χ0v) is 13.8. The van der Waals surface area contributed by atoms with E-state index in [4.69, 9.17) is 4.74 Å². The molecule has 0 unspecified atom stereocenters. The number of hydrogen-bond acceptors (Lipinski definition) is 3. The number of aliphatic hydroxyl groups excluding tert-OH is 1. The molecule has 2 aliphatic carbocycles. The van der Waals surface area contributed by atoms with Crippen molar-refractivity contribution < 1.29 is 14.6 Å². The van der Waals surface area contributed by atoms with Crippen LogP contribution in [0.15, 0.2) is 18.2 Å². The fourth-order valence-corrected chi connectivity index (χ4v) is 5.06. The van der Waals surface area contributed by atoms with Gasteiger partial charge in [-0.2, -0.15) is 0 Å². The largest absolute Gasteiger partial charge is 0.465 e. The summed E-state index contributed by atoms with van der Waals surface area (Å²) in [5, 5.41) is 9.94. The van der Waals surface area contributed by atoms with Crippen LogP contribution in [0.4, 0.5) is 0 Å². The number of ether oxygens (including phenoxy) is 1. The third-order valence-corrected chi connectivity index (χ3v) is 6.26. The van der Waals surface area contributed by atoms with Crippen LogP contribution in [0.2, 0.25) is 0 Å². The van der Waals surface area contributed by atoms with Crippen molar-refractivity contribution in [3.05, 3.63) is 34.9 Å². The van der Waals surface area contributed by atoms with Gasteiger partial charge in [0.1, 0.15) is 0 Å². The van der Waals surface area contributed by atoms with Crippen LogP contribution >= 0.6 is 0 Å². The Labute approximate surface area is 132 Å². The van der Waals surface area contributed by atoms with Crippen molar-refractivity contribution >= 4 is 5.97 Å². The molecule has 1 saturated carbocycles. The van der Waals surface area contributed by atoms with E-state index in [2.05, 4.69) is 19.9 Å². The SMILES string of the molecule is COC(=O)c1ccc2c(c1)CC[C@H]1[C@](C)(CO)CCC[C@]21C. The van der Waals surface area contributed by atoms with Crippen LogP contribution in [0.3, 0.4) is 0 Å². The summed E-state index contributed by atoms with van der Waals surface area (Å²) >= 11 is 0. The number of aryl methyl sites for hydroxylation is 1. The highest BCUT2D eigenvalue weighted by Gasteiger charge is 2.51. The van der Waals surface area contributed by atoms with Gasteiger partial charge in [0.2, 0.25) is 0 Å². The van der Waals surface area contributed by atoms with E-state index in [9.17, 15) is 9.90 Å². The normalized spacial score (nSPS) is 33.7. The van der Waals surface area contributed by atoms with Crippen LogP contribution in [-0.4, -0.2) is 24.8 Å². The summed E-state index contributed by atoms with van der Waals surface area (Å²) in [6, 6.07) is 6.02. The average Bonchev–Trinajstić information content (AvgIpc) is 2.53. The van der Waals surface area contributed by atoms with Crippen LogP contribution in [0.25, 0.3) is 0 Å². The van der Waals surface area contributed by atoms with E-state index >= 15 is 0 Å². The van der Waals surface area contributed by atoms with Crippen LogP contribution in [0.5, 0.6) is 0 Å². The predicted molar refractivity (Wildman–Crippen MR) is 86.0 cm³/mol. The lowest BCUT2D eigenvalue weighted by atomic mass is 9.50. The highest BCUT2D eigenvalue weighted by Crippen LogP contribution is 2.57. The van der Waals surface area contributed by atoms with E-state index < -0.39 is 0 Å². The molecule has 1 fully saturated rings. The van der Waals surface area contributed by atoms with Crippen molar-refractivity contribution in [2.45, 2.75) is 51.4 Å². The third kappa shape index (κ3) is 2.18. The molecule has 0 amide bonds. The quantitative estimate of drug-likeness (QED) is 0.851. The standard InChI is InChI=1S/C19H26O3/c1-18(12-20)9-4-10-19(2)15-7-5-14(17(21)22-3)11-13(15)6-8-16(18)19/h5,7,11,16,20H,4,6,8-10,12H2,1-3H3/t16-,18-,19+/m0/s1. The summed E-state index contributed by atoms with van der Waals surface area (Å²) in [7, 11) is 1.42. The van der Waals surface area contributed by atoms with Crippen LogP contribution < -0.4 is 0 Å². The molecule has 0 spiro atoms. The minimum Gasteiger partial charge on any atom is -0.465 e. The Morgan fingerprint density at radius 1 is 1.36 bits per heavy atom. The van der Waals surface area contributed by atoms with Crippen LogP contribution in [-0.2, 0) is 16.6 Å². The first-order valence-electron chi connectivity index (χ1n) is 8.27. The van der Waals surface area contributed by atoms with Gasteiger partial charge in [-0.05, 0) is 65.7 Å². The van der Waals surface area contributed by atoms with E-state index in [1.807, 2.05) is 12.1 Å². The number of carbonyl (C=O) groups is 1. The van der Waals surface area contributed by atoms with Gasteiger partial charge in [-0.3, -0.25) is 0 Å². The van der Waals surface area contributed by atoms with Crippen LogP contribution in [0.1, 0.15) is 61.0 Å². The molecule has 120 valence electrons. The molecule has 0 radical (unpaired) electrons. The van der Waals surface area contributed by atoms with Gasteiger partial charge in [0.05, 0.1) is 12.7 Å². The smallest absolute Gasteiger partial charge is 0.337 e. The lowest BCUT2D eigenvalue weighted by Gasteiger charge is -2.55. The Kier molecular flexibility index (Phi) is 3.80. The summed E-state index contributed by atoms with van der Waals surface area (Å²) in [6.07, 6.45) is 5.50. The number of carbonyl (C=O) groups excluding carboxylic acids is 1. The molecule has 0 aromatic heterocycles. The number of rotatable bonds is 2. The Morgan fingerprint density at radius 3 is 2.82 bits per heavy atom. The zero-order chi connectivity index (χ0) is 16.0. The molecule has 1 aromatic rings. The molecule has 3 rings (SSSR count). The van der Waals surface area contributed by atoms with Gasteiger partial charge < -0.3 is 9.84 Å². The molecular weight excluding hydrogens is 276 g/mol. The highest BCUT2D eigenvalue weighted by molar-refractivity contribution is 5.89. The Hall–Kier alpha value is -1.35. The Balaban J connectivity index is 2.04. The lowest BCUT2D eigenvalue weighted by Crippen LogP contribution is -2.50. The second kappa shape index (κ2) is 5.38. The maximum absolute atomic E-state index is 11.8. The van der Waals surface area contributed by atoms with Crippen molar-refractivity contribution in [1.29, 1.82) is 0 Å². The van der Waals surface area contributed by atoms with Crippen molar-refractivity contribution in [1.82, 2.24) is 0 Å². The minimum atomic E-state index is -0.265. The molecule has 22 heavy (non-hydrogen) atoms. The Morgan fingerprint density at radius 2 is 2.14 bits per heavy atom.